The summed E-state index contributed by atoms with van der Waals surface area (Å²) in [7, 11) is 1.64. The van der Waals surface area contributed by atoms with Crippen LogP contribution in [0.4, 0.5) is 0 Å². The van der Waals surface area contributed by atoms with Crippen molar-refractivity contribution in [1.29, 1.82) is 0 Å². The fourth-order valence-electron chi connectivity index (χ4n) is 9.86. The van der Waals surface area contributed by atoms with Crippen molar-refractivity contribution in [2.75, 3.05) is 40.1 Å². The van der Waals surface area contributed by atoms with E-state index in [9.17, 15) is 14.7 Å². The molecule has 4 rings (SSSR count). The Bertz CT molecular complexity index is 846. The van der Waals surface area contributed by atoms with Crippen molar-refractivity contribution in [1.82, 2.24) is 0 Å². The summed E-state index contributed by atoms with van der Waals surface area (Å²) < 4.78 is 21.9. The molecule has 0 spiro atoms. The minimum absolute atomic E-state index is 0.0256. The number of carbonyl (C=O) groups excluding carboxylic acids is 1. The molecule has 0 amide bonds. The molecule has 0 aromatic rings. The lowest BCUT2D eigenvalue weighted by Crippen LogP contribution is -2.56. The normalized spacial score (nSPS) is 40.3. The standard InChI is InChI=1S/C32H54O7/c1-22(6-11-28(33)34)25-9-10-26-24-8-7-23-20-30(2,39-29(35)21-38-19-18-37-17-16-36-5)14-15-31(23,3)27(24)12-13-32(25,26)4/h22-27H,6-21H2,1-5H3,(H,33,34)/t22-,23-,24+,25-,26+,27+,30+,31+,32-/m1/s1. The minimum Gasteiger partial charge on any atom is -0.481 e. The van der Waals surface area contributed by atoms with Gasteiger partial charge in [0.1, 0.15) is 12.2 Å². The highest BCUT2D eigenvalue weighted by Gasteiger charge is 2.61. The molecule has 0 heterocycles. The molecule has 4 fully saturated rings. The van der Waals surface area contributed by atoms with Crippen LogP contribution in [0.1, 0.15) is 98.3 Å². The van der Waals surface area contributed by atoms with Crippen molar-refractivity contribution < 1.29 is 33.6 Å². The van der Waals surface area contributed by atoms with E-state index in [1.807, 2.05) is 0 Å². The molecule has 224 valence electrons. The van der Waals surface area contributed by atoms with E-state index in [1.54, 1.807) is 7.11 Å². The fraction of sp³-hybridized carbons (Fsp3) is 0.938. The Labute approximate surface area is 236 Å². The fourth-order valence-corrected chi connectivity index (χ4v) is 9.86. The maximum Gasteiger partial charge on any atom is 0.332 e. The third-order valence-electron chi connectivity index (χ3n) is 11.9. The Kier molecular flexibility index (Phi) is 10.1. The van der Waals surface area contributed by atoms with Gasteiger partial charge in [-0.3, -0.25) is 4.79 Å². The maximum absolute atomic E-state index is 12.6. The van der Waals surface area contributed by atoms with Gasteiger partial charge < -0.3 is 24.1 Å². The number of ether oxygens (including phenoxy) is 4. The average Bonchev–Trinajstić information content (AvgIpc) is 3.24. The molecule has 0 aromatic carbocycles. The number of aliphatic carboxylic acids is 1. The number of fused-ring (bicyclic) bond motifs is 5. The Morgan fingerprint density at radius 1 is 0.872 bits per heavy atom. The van der Waals surface area contributed by atoms with Crippen molar-refractivity contribution in [3.8, 4) is 0 Å². The third kappa shape index (κ3) is 6.67. The quantitative estimate of drug-likeness (QED) is 0.218. The van der Waals surface area contributed by atoms with E-state index in [-0.39, 0.29) is 12.6 Å². The molecule has 7 heteroatoms. The first-order chi connectivity index (χ1) is 18.5. The van der Waals surface area contributed by atoms with Crippen LogP contribution >= 0.6 is 0 Å². The van der Waals surface area contributed by atoms with Gasteiger partial charge in [-0.1, -0.05) is 20.8 Å². The van der Waals surface area contributed by atoms with Crippen molar-refractivity contribution >= 4 is 11.9 Å². The van der Waals surface area contributed by atoms with Crippen LogP contribution in [0.25, 0.3) is 0 Å². The lowest BCUT2D eigenvalue weighted by molar-refractivity contribution is -0.185. The first-order valence-corrected chi connectivity index (χ1v) is 15.6. The van der Waals surface area contributed by atoms with Crippen LogP contribution in [0.5, 0.6) is 0 Å². The van der Waals surface area contributed by atoms with Crippen molar-refractivity contribution in [2.45, 2.75) is 104 Å². The number of rotatable bonds is 13. The molecular formula is C32H54O7. The zero-order valence-corrected chi connectivity index (χ0v) is 25.2. The second-order valence-corrected chi connectivity index (χ2v) is 14.1. The molecule has 0 unspecified atom stereocenters. The van der Waals surface area contributed by atoms with Gasteiger partial charge in [0.2, 0.25) is 0 Å². The number of hydrogen-bond donors (Lipinski definition) is 1. The number of carboxylic acid groups (broad SMARTS) is 1. The van der Waals surface area contributed by atoms with Gasteiger partial charge in [-0.05, 0) is 117 Å². The summed E-state index contributed by atoms with van der Waals surface area (Å²) in [5.74, 6) is 3.11. The number of hydrogen-bond acceptors (Lipinski definition) is 6. The first-order valence-electron chi connectivity index (χ1n) is 15.6. The molecule has 4 aliphatic rings. The second kappa shape index (κ2) is 12.8. The Hall–Kier alpha value is -1.18. The molecule has 9 atom stereocenters. The maximum atomic E-state index is 12.6. The summed E-state index contributed by atoms with van der Waals surface area (Å²) >= 11 is 0. The summed E-state index contributed by atoms with van der Waals surface area (Å²) in [5.41, 5.74) is 0.267. The number of esters is 1. The van der Waals surface area contributed by atoms with Crippen molar-refractivity contribution in [3.63, 3.8) is 0 Å². The van der Waals surface area contributed by atoms with Gasteiger partial charge in [0.05, 0.1) is 26.4 Å². The highest BCUT2D eigenvalue weighted by Crippen LogP contribution is 2.69. The monoisotopic (exact) mass is 550 g/mol. The van der Waals surface area contributed by atoms with Gasteiger partial charge in [0.15, 0.2) is 0 Å². The lowest BCUT2D eigenvalue weighted by atomic mass is 9.43. The van der Waals surface area contributed by atoms with Gasteiger partial charge in [-0.25, -0.2) is 4.79 Å². The van der Waals surface area contributed by atoms with Crippen LogP contribution < -0.4 is 0 Å². The van der Waals surface area contributed by atoms with Crippen LogP contribution in [0.15, 0.2) is 0 Å². The summed E-state index contributed by atoms with van der Waals surface area (Å²) in [6.07, 6.45) is 11.8. The smallest absolute Gasteiger partial charge is 0.332 e. The first kappa shape index (κ1) is 30.8. The Morgan fingerprint density at radius 2 is 1.59 bits per heavy atom. The predicted octanol–water partition coefficient (Wildman–Crippen LogP) is 6.13. The highest BCUT2D eigenvalue weighted by molar-refractivity contribution is 5.71. The predicted molar refractivity (Wildman–Crippen MR) is 149 cm³/mol. The number of carboxylic acids is 1. The molecule has 0 bridgehead atoms. The molecule has 4 aliphatic carbocycles. The summed E-state index contributed by atoms with van der Waals surface area (Å²) in [5, 5.41) is 9.22. The SMILES string of the molecule is COCCOCCOCC(=O)O[C@@]1(C)CC[C@@]2(C)[C@H](CC[C@@H]3[C@@H]2CC[C@]2(C)[C@@H]([C@H](C)CCC(=O)O)CC[C@@H]32)C1. The van der Waals surface area contributed by atoms with E-state index in [4.69, 9.17) is 18.9 Å². The van der Waals surface area contributed by atoms with E-state index >= 15 is 0 Å². The van der Waals surface area contributed by atoms with Gasteiger partial charge in [0.25, 0.3) is 0 Å². The average molecular weight is 551 g/mol. The number of methoxy groups -OCH3 is 1. The minimum atomic E-state index is -0.665. The Balaban J connectivity index is 1.30. The zero-order valence-electron chi connectivity index (χ0n) is 25.2. The summed E-state index contributed by atoms with van der Waals surface area (Å²) in [4.78, 5) is 23.8. The molecule has 7 nitrogen and oxygen atoms in total. The van der Waals surface area contributed by atoms with E-state index in [2.05, 4.69) is 27.7 Å². The van der Waals surface area contributed by atoms with Gasteiger partial charge in [0, 0.05) is 13.5 Å². The lowest BCUT2D eigenvalue weighted by Gasteiger charge is -2.62. The van der Waals surface area contributed by atoms with E-state index in [0.29, 0.717) is 61.4 Å². The van der Waals surface area contributed by atoms with Crippen molar-refractivity contribution in [2.24, 2.45) is 46.3 Å². The van der Waals surface area contributed by atoms with E-state index < -0.39 is 11.6 Å². The molecule has 0 aliphatic heterocycles. The van der Waals surface area contributed by atoms with E-state index in [1.165, 1.54) is 38.5 Å². The van der Waals surface area contributed by atoms with Crippen molar-refractivity contribution in [3.05, 3.63) is 0 Å². The summed E-state index contributed by atoms with van der Waals surface area (Å²) in [6.45, 7) is 11.4. The molecule has 4 saturated carbocycles. The Morgan fingerprint density at radius 3 is 2.33 bits per heavy atom. The van der Waals surface area contributed by atoms with Gasteiger partial charge in [-0.15, -0.1) is 0 Å². The van der Waals surface area contributed by atoms with Crippen LogP contribution in [0, 0.1) is 46.3 Å². The molecule has 0 aromatic heterocycles. The topological polar surface area (TPSA) is 91.3 Å². The van der Waals surface area contributed by atoms with Crippen LogP contribution in [-0.4, -0.2) is 62.8 Å². The largest absolute Gasteiger partial charge is 0.481 e. The molecule has 0 radical (unpaired) electrons. The molecule has 1 N–H and O–H groups in total. The summed E-state index contributed by atoms with van der Waals surface area (Å²) in [6, 6.07) is 0. The van der Waals surface area contributed by atoms with Gasteiger partial charge >= 0.3 is 11.9 Å². The second-order valence-electron chi connectivity index (χ2n) is 14.1. The molecular weight excluding hydrogens is 496 g/mol. The van der Waals surface area contributed by atoms with E-state index in [0.717, 1.165) is 43.4 Å². The number of carbonyl (C=O) groups is 2. The molecule has 0 saturated heterocycles. The molecule has 39 heavy (non-hydrogen) atoms. The van der Waals surface area contributed by atoms with Crippen LogP contribution in [0.2, 0.25) is 0 Å². The zero-order chi connectivity index (χ0) is 28.3. The van der Waals surface area contributed by atoms with Crippen LogP contribution in [-0.2, 0) is 28.5 Å². The highest BCUT2D eigenvalue weighted by atomic mass is 16.6. The van der Waals surface area contributed by atoms with Crippen LogP contribution in [0.3, 0.4) is 0 Å². The van der Waals surface area contributed by atoms with Gasteiger partial charge in [-0.2, -0.15) is 0 Å². The third-order valence-corrected chi connectivity index (χ3v) is 11.9.